The summed E-state index contributed by atoms with van der Waals surface area (Å²) in [6.45, 7) is 3.67. The van der Waals surface area contributed by atoms with Crippen molar-refractivity contribution >= 4 is 0 Å². The van der Waals surface area contributed by atoms with Crippen molar-refractivity contribution in [2.45, 2.75) is 13.8 Å². The highest BCUT2D eigenvalue weighted by molar-refractivity contribution is 5.36. The van der Waals surface area contributed by atoms with Crippen molar-refractivity contribution in [1.82, 2.24) is 4.57 Å². The molecule has 16 heavy (non-hydrogen) atoms. The van der Waals surface area contributed by atoms with E-state index in [1.54, 1.807) is 6.07 Å². The molecule has 0 aliphatic carbocycles. The highest BCUT2D eigenvalue weighted by Crippen LogP contribution is 2.14. The number of hydrogen-bond acceptors (Lipinski definition) is 1. The molecule has 1 heterocycles. The summed E-state index contributed by atoms with van der Waals surface area (Å²) in [6, 6.07) is 9.40. The van der Waals surface area contributed by atoms with Crippen molar-refractivity contribution < 1.29 is 4.39 Å². The molecule has 3 heteroatoms. The van der Waals surface area contributed by atoms with Crippen molar-refractivity contribution in [3.05, 3.63) is 63.8 Å². The van der Waals surface area contributed by atoms with Crippen molar-refractivity contribution in [3.8, 4) is 5.69 Å². The Morgan fingerprint density at radius 1 is 1.06 bits per heavy atom. The van der Waals surface area contributed by atoms with E-state index >= 15 is 0 Å². The van der Waals surface area contributed by atoms with E-state index < -0.39 is 0 Å². The van der Waals surface area contributed by atoms with Crippen LogP contribution in [0.5, 0.6) is 0 Å². The Balaban J connectivity index is 2.69. The lowest BCUT2D eigenvalue weighted by Crippen LogP contribution is -2.11. The van der Waals surface area contributed by atoms with Crippen LogP contribution in [0.1, 0.15) is 11.4 Å². The van der Waals surface area contributed by atoms with Gasteiger partial charge in [0.15, 0.2) is 5.43 Å². The first-order valence-electron chi connectivity index (χ1n) is 5.04. The second kappa shape index (κ2) is 3.93. The maximum absolute atomic E-state index is 13.1. The van der Waals surface area contributed by atoms with E-state index in [0.29, 0.717) is 0 Å². The van der Waals surface area contributed by atoms with E-state index in [2.05, 4.69) is 0 Å². The Morgan fingerprint density at radius 2 is 1.69 bits per heavy atom. The van der Waals surface area contributed by atoms with Crippen molar-refractivity contribution in [2.24, 2.45) is 0 Å². The molecule has 0 aliphatic heterocycles. The molecule has 0 aliphatic rings. The van der Waals surface area contributed by atoms with Crippen LogP contribution in [0.4, 0.5) is 4.39 Å². The lowest BCUT2D eigenvalue weighted by Gasteiger charge is -2.14. The molecule has 0 bridgehead atoms. The molecular weight excluding hydrogens is 205 g/mol. The van der Waals surface area contributed by atoms with E-state index in [0.717, 1.165) is 17.1 Å². The summed E-state index contributed by atoms with van der Waals surface area (Å²) < 4.78 is 15.0. The molecule has 0 N–H and O–H groups in total. The number of aromatic nitrogens is 1. The summed E-state index contributed by atoms with van der Waals surface area (Å²) in [4.78, 5) is 11.3. The molecule has 0 spiro atoms. The van der Waals surface area contributed by atoms with Gasteiger partial charge >= 0.3 is 0 Å². The number of halogens is 1. The molecule has 82 valence electrons. The third kappa shape index (κ3) is 1.89. The van der Waals surface area contributed by atoms with Gasteiger partial charge in [-0.2, -0.15) is 0 Å². The molecule has 0 saturated heterocycles. The lowest BCUT2D eigenvalue weighted by molar-refractivity contribution is 0.626. The summed E-state index contributed by atoms with van der Waals surface area (Å²) in [5.41, 5.74) is 2.31. The maximum Gasteiger partial charge on any atom is 0.182 e. The summed E-state index contributed by atoms with van der Waals surface area (Å²) in [5, 5.41) is 0. The zero-order chi connectivity index (χ0) is 11.7. The van der Waals surface area contributed by atoms with Gasteiger partial charge in [-0.3, -0.25) is 4.79 Å². The molecule has 0 fully saturated rings. The van der Waals surface area contributed by atoms with Crippen LogP contribution in [0.2, 0.25) is 0 Å². The highest BCUT2D eigenvalue weighted by Gasteiger charge is 2.04. The molecule has 0 amide bonds. The Hall–Kier alpha value is -1.90. The van der Waals surface area contributed by atoms with Crippen molar-refractivity contribution in [2.75, 3.05) is 0 Å². The van der Waals surface area contributed by atoms with E-state index in [1.807, 2.05) is 24.5 Å². The summed E-state index contributed by atoms with van der Waals surface area (Å²) in [7, 11) is 0. The predicted octanol–water partition coefficient (Wildman–Crippen LogP) is 2.59. The second-order valence-corrected chi connectivity index (χ2v) is 3.79. The van der Waals surface area contributed by atoms with Crippen molar-refractivity contribution in [3.63, 3.8) is 0 Å². The smallest absolute Gasteiger partial charge is 0.182 e. The van der Waals surface area contributed by atoms with Gasteiger partial charge in [-0.1, -0.05) is 6.07 Å². The topological polar surface area (TPSA) is 22.0 Å². The first kappa shape index (κ1) is 10.6. The fourth-order valence-corrected chi connectivity index (χ4v) is 1.88. The SMILES string of the molecule is Cc1cc(=O)cc(C)n1-c1cccc(F)c1. The van der Waals surface area contributed by atoms with Gasteiger partial charge in [0.2, 0.25) is 0 Å². The van der Waals surface area contributed by atoms with E-state index in [-0.39, 0.29) is 11.2 Å². The number of nitrogens with zero attached hydrogens (tertiary/aromatic N) is 1. The van der Waals surface area contributed by atoms with Gasteiger partial charge in [0, 0.05) is 29.2 Å². The average Bonchev–Trinajstić information content (AvgIpc) is 2.15. The maximum atomic E-state index is 13.1. The fourth-order valence-electron chi connectivity index (χ4n) is 1.88. The van der Waals surface area contributed by atoms with Gasteiger partial charge in [0.1, 0.15) is 5.82 Å². The Morgan fingerprint density at radius 3 is 2.25 bits per heavy atom. The zero-order valence-corrected chi connectivity index (χ0v) is 9.20. The minimum absolute atomic E-state index is 0.0253. The number of aryl methyl sites for hydroxylation is 2. The van der Waals surface area contributed by atoms with Gasteiger partial charge in [-0.15, -0.1) is 0 Å². The van der Waals surface area contributed by atoms with Crippen LogP contribution in [0.3, 0.4) is 0 Å². The molecule has 0 radical (unpaired) electrons. The molecule has 1 aromatic carbocycles. The number of pyridine rings is 1. The minimum Gasteiger partial charge on any atom is -0.318 e. The van der Waals surface area contributed by atoms with Crippen molar-refractivity contribution in [1.29, 1.82) is 0 Å². The van der Waals surface area contributed by atoms with Crippen LogP contribution in [0.15, 0.2) is 41.2 Å². The first-order valence-corrected chi connectivity index (χ1v) is 5.04. The third-order valence-corrected chi connectivity index (χ3v) is 2.47. The molecule has 2 rings (SSSR count). The highest BCUT2D eigenvalue weighted by atomic mass is 19.1. The molecule has 2 aromatic rings. The van der Waals surface area contributed by atoms with Gasteiger partial charge in [-0.25, -0.2) is 4.39 Å². The summed E-state index contributed by atoms with van der Waals surface area (Å²) in [6.07, 6.45) is 0. The molecular formula is C13H12FNO. The standard InChI is InChI=1S/C13H12FNO/c1-9-6-13(16)7-10(2)15(9)12-5-3-4-11(14)8-12/h3-8H,1-2H3. The lowest BCUT2D eigenvalue weighted by atomic mass is 10.2. The van der Waals surface area contributed by atoms with E-state index in [9.17, 15) is 9.18 Å². The Kier molecular flexibility index (Phi) is 2.60. The summed E-state index contributed by atoms with van der Waals surface area (Å²) >= 11 is 0. The zero-order valence-electron chi connectivity index (χ0n) is 9.20. The van der Waals surface area contributed by atoms with Crippen LogP contribution in [0, 0.1) is 19.7 Å². The molecule has 0 saturated carbocycles. The van der Waals surface area contributed by atoms with Gasteiger partial charge in [0.05, 0.1) is 0 Å². The second-order valence-electron chi connectivity index (χ2n) is 3.79. The fraction of sp³-hybridized carbons (Fsp3) is 0.154. The van der Waals surface area contributed by atoms with Crippen LogP contribution in [-0.2, 0) is 0 Å². The third-order valence-electron chi connectivity index (χ3n) is 2.47. The van der Waals surface area contributed by atoms with E-state index in [4.69, 9.17) is 0 Å². The quantitative estimate of drug-likeness (QED) is 0.719. The largest absolute Gasteiger partial charge is 0.318 e. The average molecular weight is 217 g/mol. The minimum atomic E-state index is -0.282. The predicted molar refractivity (Wildman–Crippen MR) is 61.5 cm³/mol. The van der Waals surface area contributed by atoms with Gasteiger partial charge < -0.3 is 4.57 Å². The molecule has 2 nitrogen and oxygen atoms in total. The van der Waals surface area contributed by atoms with Crippen LogP contribution in [-0.4, -0.2) is 4.57 Å². The molecule has 0 atom stereocenters. The normalized spacial score (nSPS) is 10.4. The Bertz CT molecular complexity index is 560. The van der Waals surface area contributed by atoms with E-state index in [1.165, 1.54) is 24.3 Å². The first-order chi connectivity index (χ1) is 7.58. The number of benzene rings is 1. The van der Waals surface area contributed by atoms with Gasteiger partial charge in [-0.05, 0) is 32.0 Å². The molecule has 0 unspecified atom stereocenters. The number of hydrogen-bond donors (Lipinski definition) is 0. The van der Waals surface area contributed by atoms with Crippen LogP contribution < -0.4 is 5.43 Å². The monoisotopic (exact) mass is 217 g/mol. The van der Waals surface area contributed by atoms with Crippen LogP contribution in [0.25, 0.3) is 5.69 Å². The summed E-state index contributed by atoms with van der Waals surface area (Å²) in [5.74, 6) is -0.282. The van der Waals surface area contributed by atoms with Crippen LogP contribution >= 0.6 is 0 Å². The Labute approximate surface area is 93.0 Å². The molecule has 1 aromatic heterocycles. The van der Waals surface area contributed by atoms with Gasteiger partial charge in [0.25, 0.3) is 0 Å². The number of rotatable bonds is 1.